The minimum atomic E-state index is -0.318. The van der Waals surface area contributed by atoms with Gasteiger partial charge in [0, 0.05) is 13.0 Å². The Hall–Kier alpha value is -2.48. The molecular formula is C16H15FN4. The van der Waals surface area contributed by atoms with Crippen LogP contribution in [-0.4, -0.2) is 14.8 Å². The third-order valence-electron chi connectivity index (χ3n) is 3.63. The molecule has 0 aliphatic carbocycles. The van der Waals surface area contributed by atoms with Crippen molar-refractivity contribution in [3.05, 3.63) is 47.3 Å². The summed E-state index contributed by atoms with van der Waals surface area (Å²) in [5, 5.41) is 17.8. The molecule has 106 valence electrons. The van der Waals surface area contributed by atoms with Gasteiger partial charge in [0.2, 0.25) is 0 Å². The third kappa shape index (κ3) is 2.84. The molecule has 3 rings (SSSR count). The summed E-state index contributed by atoms with van der Waals surface area (Å²) in [5.74, 6) is 1.20. The quantitative estimate of drug-likeness (QED) is 0.795. The van der Waals surface area contributed by atoms with Gasteiger partial charge in [-0.05, 0) is 36.6 Å². The van der Waals surface area contributed by atoms with Crippen molar-refractivity contribution in [1.29, 1.82) is 5.26 Å². The highest BCUT2D eigenvalue weighted by Crippen LogP contribution is 2.21. The second-order valence-electron chi connectivity index (χ2n) is 5.13. The number of aromatic nitrogens is 3. The molecule has 1 aromatic carbocycles. The normalized spacial score (nSPS) is 15.1. The van der Waals surface area contributed by atoms with Crippen molar-refractivity contribution in [1.82, 2.24) is 14.8 Å². The molecule has 1 aliphatic rings. The van der Waals surface area contributed by atoms with Crippen LogP contribution in [0.3, 0.4) is 0 Å². The fourth-order valence-corrected chi connectivity index (χ4v) is 2.59. The van der Waals surface area contributed by atoms with Gasteiger partial charge in [-0.2, -0.15) is 5.26 Å². The topological polar surface area (TPSA) is 54.5 Å². The number of nitrogens with zero attached hydrogens (tertiary/aromatic N) is 4. The SMILES string of the molecule is N#C/C(=C\c1cccc(F)c1)c1nnc2n1CCCCC2. The molecule has 1 aliphatic heterocycles. The van der Waals surface area contributed by atoms with Gasteiger partial charge in [0.1, 0.15) is 17.7 Å². The molecule has 2 aromatic rings. The largest absolute Gasteiger partial charge is 0.310 e. The van der Waals surface area contributed by atoms with Gasteiger partial charge in [-0.3, -0.25) is 0 Å². The second-order valence-corrected chi connectivity index (χ2v) is 5.13. The van der Waals surface area contributed by atoms with Gasteiger partial charge in [-0.25, -0.2) is 4.39 Å². The van der Waals surface area contributed by atoms with Crippen molar-refractivity contribution in [3.8, 4) is 6.07 Å². The molecule has 0 saturated carbocycles. The van der Waals surface area contributed by atoms with Crippen molar-refractivity contribution in [2.75, 3.05) is 0 Å². The van der Waals surface area contributed by atoms with E-state index in [1.807, 2.05) is 4.57 Å². The smallest absolute Gasteiger partial charge is 0.174 e. The van der Waals surface area contributed by atoms with Gasteiger partial charge in [-0.15, -0.1) is 10.2 Å². The van der Waals surface area contributed by atoms with Crippen LogP contribution in [0.4, 0.5) is 4.39 Å². The summed E-state index contributed by atoms with van der Waals surface area (Å²) in [6, 6.07) is 8.33. The molecule has 0 fully saturated rings. The molecule has 0 spiro atoms. The Bertz CT molecular complexity index is 724. The van der Waals surface area contributed by atoms with E-state index in [-0.39, 0.29) is 5.82 Å². The second kappa shape index (κ2) is 5.88. The predicted octanol–water partition coefficient (Wildman–Crippen LogP) is 3.21. The number of allylic oxidation sites excluding steroid dienone is 1. The molecule has 0 amide bonds. The molecular weight excluding hydrogens is 267 g/mol. The number of benzene rings is 1. The van der Waals surface area contributed by atoms with Crippen molar-refractivity contribution < 1.29 is 4.39 Å². The summed E-state index contributed by atoms with van der Waals surface area (Å²) in [6.45, 7) is 0.833. The maximum Gasteiger partial charge on any atom is 0.174 e. The van der Waals surface area contributed by atoms with Crippen LogP contribution in [0, 0.1) is 17.1 Å². The lowest BCUT2D eigenvalue weighted by Gasteiger charge is -2.05. The van der Waals surface area contributed by atoms with Crippen LogP contribution in [0.25, 0.3) is 11.6 Å². The van der Waals surface area contributed by atoms with E-state index in [1.54, 1.807) is 18.2 Å². The third-order valence-corrected chi connectivity index (χ3v) is 3.63. The predicted molar refractivity (Wildman–Crippen MR) is 77.5 cm³/mol. The summed E-state index contributed by atoms with van der Waals surface area (Å²) in [5.41, 5.74) is 1.07. The van der Waals surface area contributed by atoms with Crippen molar-refractivity contribution in [3.63, 3.8) is 0 Å². The lowest BCUT2D eigenvalue weighted by atomic mass is 10.1. The van der Waals surface area contributed by atoms with Crippen LogP contribution in [0.5, 0.6) is 0 Å². The first-order valence-electron chi connectivity index (χ1n) is 7.08. The highest BCUT2D eigenvalue weighted by atomic mass is 19.1. The number of hydrogen-bond donors (Lipinski definition) is 0. The Morgan fingerprint density at radius 1 is 1.29 bits per heavy atom. The molecule has 1 aromatic heterocycles. The lowest BCUT2D eigenvalue weighted by molar-refractivity contribution is 0.627. The Morgan fingerprint density at radius 2 is 2.19 bits per heavy atom. The number of hydrogen-bond acceptors (Lipinski definition) is 3. The van der Waals surface area contributed by atoms with E-state index in [4.69, 9.17) is 0 Å². The highest BCUT2D eigenvalue weighted by molar-refractivity contribution is 5.87. The molecule has 0 unspecified atom stereocenters. The van der Waals surface area contributed by atoms with Gasteiger partial charge < -0.3 is 4.57 Å². The molecule has 0 radical (unpaired) electrons. The summed E-state index contributed by atoms with van der Waals surface area (Å²) in [7, 11) is 0. The van der Waals surface area contributed by atoms with E-state index in [0.717, 1.165) is 38.1 Å². The zero-order valence-electron chi connectivity index (χ0n) is 11.6. The average Bonchev–Trinajstić information content (AvgIpc) is 2.73. The molecule has 4 nitrogen and oxygen atoms in total. The highest BCUT2D eigenvalue weighted by Gasteiger charge is 2.17. The number of nitriles is 1. The van der Waals surface area contributed by atoms with Crippen LogP contribution < -0.4 is 0 Å². The summed E-state index contributed by atoms with van der Waals surface area (Å²) in [6.07, 6.45) is 5.89. The van der Waals surface area contributed by atoms with Gasteiger partial charge in [0.15, 0.2) is 5.82 Å². The minimum Gasteiger partial charge on any atom is -0.310 e. The Labute approximate surface area is 122 Å². The van der Waals surface area contributed by atoms with Crippen molar-refractivity contribution >= 4 is 11.6 Å². The van der Waals surface area contributed by atoms with Crippen LogP contribution in [0.2, 0.25) is 0 Å². The van der Waals surface area contributed by atoms with Gasteiger partial charge in [0.25, 0.3) is 0 Å². The molecule has 0 atom stereocenters. The number of halogens is 1. The first-order valence-corrected chi connectivity index (χ1v) is 7.08. The summed E-state index contributed by atoms with van der Waals surface area (Å²) in [4.78, 5) is 0. The first-order chi connectivity index (χ1) is 10.3. The number of rotatable bonds is 2. The maximum atomic E-state index is 13.2. The van der Waals surface area contributed by atoms with E-state index in [0.29, 0.717) is 17.0 Å². The maximum absolute atomic E-state index is 13.2. The monoisotopic (exact) mass is 282 g/mol. The fourth-order valence-electron chi connectivity index (χ4n) is 2.59. The van der Waals surface area contributed by atoms with Crippen LogP contribution in [0.15, 0.2) is 24.3 Å². The summed E-state index contributed by atoms with van der Waals surface area (Å²) < 4.78 is 15.3. The van der Waals surface area contributed by atoms with E-state index in [2.05, 4.69) is 16.3 Å². The number of aryl methyl sites for hydroxylation is 1. The Morgan fingerprint density at radius 3 is 3.00 bits per heavy atom. The zero-order valence-corrected chi connectivity index (χ0v) is 11.6. The molecule has 21 heavy (non-hydrogen) atoms. The van der Waals surface area contributed by atoms with Crippen molar-refractivity contribution in [2.24, 2.45) is 0 Å². The van der Waals surface area contributed by atoms with E-state index < -0.39 is 0 Å². The fraction of sp³-hybridized carbons (Fsp3) is 0.312. The zero-order chi connectivity index (χ0) is 14.7. The van der Waals surface area contributed by atoms with E-state index in [9.17, 15) is 9.65 Å². The van der Waals surface area contributed by atoms with E-state index >= 15 is 0 Å². The number of fused-ring (bicyclic) bond motifs is 1. The van der Waals surface area contributed by atoms with Crippen molar-refractivity contribution in [2.45, 2.75) is 32.2 Å². The summed E-state index contributed by atoms with van der Waals surface area (Å²) >= 11 is 0. The molecule has 0 N–H and O–H groups in total. The standard InChI is InChI=1S/C16H15FN4/c17-14-6-4-5-12(10-14)9-13(11-18)16-20-19-15-7-2-1-3-8-21(15)16/h4-6,9-10H,1-3,7-8H2/b13-9+. The van der Waals surface area contributed by atoms with Crippen LogP contribution >= 0.6 is 0 Å². The molecule has 0 saturated heterocycles. The molecule has 5 heteroatoms. The lowest BCUT2D eigenvalue weighted by Crippen LogP contribution is -2.05. The average molecular weight is 282 g/mol. The van der Waals surface area contributed by atoms with Gasteiger partial charge in [-0.1, -0.05) is 18.6 Å². The van der Waals surface area contributed by atoms with Gasteiger partial charge in [0.05, 0.1) is 5.57 Å². The minimum absolute atomic E-state index is 0.318. The van der Waals surface area contributed by atoms with E-state index in [1.165, 1.54) is 12.1 Å². The Balaban J connectivity index is 2.01. The molecule has 0 bridgehead atoms. The Kier molecular flexibility index (Phi) is 3.78. The van der Waals surface area contributed by atoms with Crippen LogP contribution in [-0.2, 0) is 13.0 Å². The first kappa shape index (κ1) is 13.5. The molecule has 2 heterocycles. The van der Waals surface area contributed by atoms with Gasteiger partial charge >= 0.3 is 0 Å². The van der Waals surface area contributed by atoms with Crippen LogP contribution in [0.1, 0.15) is 36.5 Å².